The lowest BCUT2D eigenvalue weighted by Gasteiger charge is -2.34. The molecule has 0 aromatic heterocycles. The molecule has 5 nitrogen and oxygen atoms in total. The molecule has 0 radical (unpaired) electrons. The summed E-state index contributed by atoms with van der Waals surface area (Å²) in [6.45, 7) is 15.4. The fourth-order valence-corrected chi connectivity index (χ4v) is 4.38. The molecular weight excluding hydrogens is 420 g/mol. The van der Waals surface area contributed by atoms with E-state index in [1.54, 1.807) is 14.0 Å². The van der Waals surface area contributed by atoms with Crippen molar-refractivity contribution in [3.05, 3.63) is 76.5 Å². The molecule has 0 bridgehead atoms. The van der Waals surface area contributed by atoms with Gasteiger partial charge in [0.05, 0.1) is 5.70 Å². The van der Waals surface area contributed by atoms with Gasteiger partial charge in [-0.1, -0.05) is 54.2 Å². The Labute approximate surface area is 207 Å². The number of nitrogens with one attached hydrogen (secondary N) is 3. The second-order valence-electron chi connectivity index (χ2n) is 8.68. The van der Waals surface area contributed by atoms with Crippen molar-refractivity contribution in [1.29, 1.82) is 5.41 Å². The van der Waals surface area contributed by atoms with Crippen molar-refractivity contribution in [1.82, 2.24) is 10.6 Å². The Hall–Kier alpha value is -2.92. The average Bonchev–Trinajstić information content (AvgIpc) is 2.78. The third kappa shape index (κ3) is 8.45. The number of aryl methyl sites for hydroxylation is 3. The number of amidine groups is 1. The molecule has 0 atom stereocenters. The number of ketones is 1. The number of nitrogens with zero attached hydrogens (tertiary/aromatic N) is 1. The van der Waals surface area contributed by atoms with Gasteiger partial charge in [0.15, 0.2) is 5.78 Å². The third-order valence-corrected chi connectivity index (χ3v) is 5.93. The van der Waals surface area contributed by atoms with Crippen LogP contribution in [0.15, 0.2) is 59.9 Å². The van der Waals surface area contributed by atoms with Crippen LogP contribution < -0.4 is 15.5 Å². The SMILES string of the molecule is C=C/C=C\C/C(=C\C)CCNC.CN/C(C(C)=O)=C1/CCCN(c2c(C)cc(C)cc2C)C1=N. The van der Waals surface area contributed by atoms with E-state index in [1.165, 1.54) is 22.3 Å². The molecule has 1 fully saturated rings. The van der Waals surface area contributed by atoms with Gasteiger partial charge in [-0.15, -0.1) is 0 Å². The summed E-state index contributed by atoms with van der Waals surface area (Å²) in [7, 11) is 3.73. The zero-order valence-corrected chi connectivity index (χ0v) is 22.3. The molecule has 1 heterocycles. The molecule has 1 aromatic rings. The first-order chi connectivity index (χ1) is 16.2. The predicted octanol–water partition coefficient (Wildman–Crippen LogP) is 5.93. The maximum Gasteiger partial charge on any atom is 0.176 e. The molecule has 5 heteroatoms. The highest BCUT2D eigenvalue weighted by Gasteiger charge is 2.27. The summed E-state index contributed by atoms with van der Waals surface area (Å²) in [6.07, 6.45) is 12.0. The van der Waals surface area contributed by atoms with E-state index >= 15 is 0 Å². The fraction of sp³-hybridized carbons (Fsp3) is 0.448. The Morgan fingerprint density at radius 1 is 1.21 bits per heavy atom. The van der Waals surface area contributed by atoms with Crippen LogP contribution in [0.5, 0.6) is 0 Å². The van der Waals surface area contributed by atoms with Crippen molar-refractivity contribution < 1.29 is 4.79 Å². The maximum atomic E-state index is 11.8. The van der Waals surface area contributed by atoms with Gasteiger partial charge in [0.2, 0.25) is 0 Å². The predicted molar refractivity (Wildman–Crippen MR) is 148 cm³/mol. The van der Waals surface area contributed by atoms with Crippen molar-refractivity contribution in [3.63, 3.8) is 0 Å². The van der Waals surface area contributed by atoms with Gasteiger partial charge in [-0.25, -0.2) is 0 Å². The summed E-state index contributed by atoms with van der Waals surface area (Å²) in [5, 5.41) is 14.7. The monoisotopic (exact) mass is 464 g/mol. The van der Waals surface area contributed by atoms with Crippen LogP contribution >= 0.6 is 0 Å². The molecule has 1 saturated heterocycles. The van der Waals surface area contributed by atoms with Gasteiger partial charge in [-0.2, -0.15) is 0 Å². The summed E-state index contributed by atoms with van der Waals surface area (Å²) in [5.74, 6) is 0.433. The molecule has 186 valence electrons. The summed E-state index contributed by atoms with van der Waals surface area (Å²) >= 11 is 0. The molecule has 1 aromatic carbocycles. The van der Waals surface area contributed by atoms with Gasteiger partial charge in [0.1, 0.15) is 5.84 Å². The van der Waals surface area contributed by atoms with Crippen LogP contribution in [0.1, 0.15) is 56.2 Å². The number of rotatable bonds is 9. The first-order valence-corrected chi connectivity index (χ1v) is 12.1. The summed E-state index contributed by atoms with van der Waals surface area (Å²) in [5.41, 5.74) is 7.55. The van der Waals surface area contributed by atoms with Crippen molar-refractivity contribution >= 4 is 17.3 Å². The van der Waals surface area contributed by atoms with E-state index in [4.69, 9.17) is 5.41 Å². The maximum absolute atomic E-state index is 11.8. The van der Waals surface area contributed by atoms with Crippen LogP contribution in [-0.2, 0) is 4.79 Å². The topological polar surface area (TPSA) is 68.2 Å². The highest BCUT2D eigenvalue weighted by molar-refractivity contribution is 6.13. The second kappa shape index (κ2) is 15.1. The lowest BCUT2D eigenvalue weighted by atomic mass is 9.96. The Morgan fingerprint density at radius 2 is 1.85 bits per heavy atom. The van der Waals surface area contributed by atoms with Crippen LogP contribution in [0.4, 0.5) is 5.69 Å². The lowest BCUT2D eigenvalue weighted by molar-refractivity contribution is -0.113. The average molecular weight is 465 g/mol. The van der Waals surface area contributed by atoms with Crippen LogP contribution in [0.3, 0.4) is 0 Å². The summed E-state index contributed by atoms with van der Waals surface area (Å²) in [4.78, 5) is 13.9. The highest BCUT2D eigenvalue weighted by Crippen LogP contribution is 2.31. The van der Waals surface area contributed by atoms with E-state index in [9.17, 15) is 4.79 Å². The molecule has 0 amide bonds. The van der Waals surface area contributed by atoms with Crippen LogP contribution in [0.25, 0.3) is 0 Å². The van der Waals surface area contributed by atoms with E-state index in [0.29, 0.717) is 11.5 Å². The lowest BCUT2D eigenvalue weighted by Crippen LogP contribution is -2.39. The zero-order valence-electron chi connectivity index (χ0n) is 22.3. The number of anilines is 1. The van der Waals surface area contributed by atoms with Crippen LogP contribution in [-0.4, -0.2) is 38.8 Å². The van der Waals surface area contributed by atoms with E-state index in [0.717, 1.165) is 50.0 Å². The molecule has 34 heavy (non-hydrogen) atoms. The van der Waals surface area contributed by atoms with E-state index in [-0.39, 0.29) is 5.78 Å². The molecule has 0 unspecified atom stereocenters. The van der Waals surface area contributed by atoms with Gasteiger partial charge in [-0.05, 0) is 78.1 Å². The fourth-order valence-electron chi connectivity index (χ4n) is 4.38. The number of piperidine rings is 1. The van der Waals surface area contributed by atoms with Gasteiger partial charge in [0, 0.05) is 31.8 Å². The van der Waals surface area contributed by atoms with E-state index in [1.807, 2.05) is 24.1 Å². The zero-order chi connectivity index (χ0) is 25.7. The number of carbonyl (C=O) groups excluding carboxylic acids is 1. The number of benzene rings is 1. The number of hydrogen-bond donors (Lipinski definition) is 3. The third-order valence-electron chi connectivity index (χ3n) is 5.93. The minimum Gasteiger partial charge on any atom is -0.385 e. The largest absolute Gasteiger partial charge is 0.385 e. The smallest absolute Gasteiger partial charge is 0.176 e. The van der Waals surface area contributed by atoms with Gasteiger partial charge in [-0.3, -0.25) is 10.2 Å². The molecule has 1 aliphatic rings. The molecule has 2 rings (SSSR count). The molecule has 0 saturated carbocycles. The molecule has 3 N–H and O–H groups in total. The second-order valence-corrected chi connectivity index (χ2v) is 8.68. The summed E-state index contributed by atoms with van der Waals surface area (Å²) < 4.78 is 0. The van der Waals surface area contributed by atoms with Crippen molar-refractivity contribution in [2.24, 2.45) is 0 Å². The number of hydrogen-bond acceptors (Lipinski definition) is 4. The Balaban J connectivity index is 0.000000411. The number of Topliss-reactive ketones (excluding diaryl/α,β-unsaturated/α-hetero) is 1. The number of likely N-dealkylation sites (N-methyl/N-ethyl adjacent to an activating group) is 1. The van der Waals surface area contributed by atoms with Crippen LogP contribution in [0, 0.1) is 26.2 Å². The first-order valence-electron chi connectivity index (χ1n) is 12.1. The highest BCUT2D eigenvalue weighted by atomic mass is 16.1. The standard InChI is InChI=1S/C18H25N3O.C11H19N/c1-11-9-12(2)17(13(3)10-11)21-8-6-7-15(18(21)19)16(20-5)14(4)22;1-4-6-7-8-11(5-2)9-10-12-3/h9-10,19-20H,6-8H2,1-5H3;4-7,12H,1,8-10H2,2-3H3/b16-15-,19-18?;7-6-,11-5+. The normalized spacial score (nSPS) is 15.7. The van der Waals surface area contributed by atoms with Crippen molar-refractivity contribution in [2.45, 2.75) is 60.3 Å². The van der Waals surface area contributed by atoms with Gasteiger partial charge >= 0.3 is 0 Å². The van der Waals surface area contributed by atoms with Crippen molar-refractivity contribution in [2.75, 3.05) is 32.1 Å². The first kappa shape index (κ1) is 29.1. The number of carbonyl (C=O) groups is 1. The van der Waals surface area contributed by atoms with Gasteiger partial charge in [0.25, 0.3) is 0 Å². The van der Waals surface area contributed by atoms with Crippen molar-refractivity contribution in [3.8, 4) is 0 Å². The van der Waals surface area contributed by atoms with E-state index < -0.39 is 0 Å². The van der Waals surface area contributed by atoms with Crippen LogP contribution in [0.2, 0.25) is 0 Å². The molecule has 0 aliphatic carbocycles. The quantitative estimate of drug-likeness (QED) is 0.241. The molecule has 1 aliphatic heterocycles. The Kier molecular flexibility index (Phi) is 12.9. The number of allylic oxidation sites excluding steroid dienone is 5. The summed E-state index contributed by atoms with van der Waals surface area (Å²) in [6, 6.07) is 4.30. The Bertz CT molecular complexity index is 930. The Morgan fingerprint density at radius 3 is 2.35 bits per heavy atom. The van der Waals surface area contributed by atoms with E-state index in [2.05, 4.69) is 69.2 Å². The molecule has 0 spiro atoms. The minimum atomic E-state index is -0.0125. The minimum absolute atomic E-state index is 0.0125. The molecular formula is C29H44N4O. The van der Waals surface area contributed by atoms with Gasteiger partial charge < -0.3 is 15.5 Å².